The lowest BCUT2D eigenvalue weighted by molar-refractivity contribution is 0.180. The molecule has 16 heavy (non-hydrogen) atoms. The number of benzene rings is 1. The van der Waals surface area contributed by atoms with Crippen molar-refractivity contribution in [3.63, 3.8) is 0 Å². The lowest BCUT2D eigenvalue weighted by Crippen LogP contribution is -2.09. The predicted molar refractivity (Wildman–Crippen MR) is 61.9 cm³/mol. The second-order valence-corrected chi connectivity index (χ2v) is 3.77. The van der Waals surface area contributed by atoms with Gasteiger partial charge in [-0.1, -0.05) is 0 Å². The molecule has 1 aromatic heterocycles. The van der Waals surface area contributed by atoms with E-state index >= 15 is 0 Å². The quantitative estimate of drug-likeness (QED) is 0.665. The fourth-order valence-corrected chi connectivity index (χ4v) is 1.82. The fourth-order valence-electron chi connectivity index (χ4n) is 1.82. The van der Waals surface area contributed by atoms with E-state index < -0.39 is 6.10 Å². The molecule has 86 valence electrons. The van der Waals surface area contributed by atoms with E-state index in [1.54, 1.807) is 23.6 Å². The standard InChI is InChI=1S/C11H15N3O2/c1-7(16)11-13-9-6-8(12)2-3-10(9)14(11)4-5-15/h2-3,6-7,15-16H,4-5,12H2,1H3/t7-/m1/s1. The van der Waals surface area contributed by atoms with Gasteiger partial charge in [-0.05, 0) is 25.1 Å². The van der Waals surface area contributed by atoms with E-state index in [0.717, 1.165) is 11.0 Å². The van der Waals surface area contributed by atoms with E-state index in [9.17, 15) is 5.11 Å². The summed E-state index contributed by atoms with van der Waals surface area (Å²) in [5.74, 6) is 0.551. The number of nitrogens with two attached hydrogens (primary N) is 1. The van der Waals surface area contributed by atoms with Crippen LogP contribution >= 0.6 is 0 Å². The highest BCUT2D eigenvalue weighted by Gasteiger charge is 2.14. The van der Waals surface area contributed by atoms with Gasteiger partial charge in [-0.15, -0.1) is 0 Å². The van der Waals surface area contributed by atoms with Crippen molar-refractivity contribution in [3.05, 3.63) is 24.0 Å². The fraction of sp³-hybridized carbons (Fsp3) is 0.364. The van der Waals surface area contributed by atoms with Crippen molar-refractivity contribution in [2.45, 2.75) is 19.6 Å². The second kappa shape index (κ2) is 4.11. The van der Waals surface area contributed by atoms with Gasteiger partial charge in [-0.3, -0.25) is 0 Å². The summed E-state index contributed by atoms with van der Waals surface area (Å²) in [6.45, 7) is 2.08. The lowest BCUT2D eigenvalue weighted by atomic mass is 10.3. The topological polar surface area (TPSA) is 84.3 Å². The van der Waals surface area contributed by atoms with E-state index in [1.165, 1.54) is 0 Å². The first-order valence-electron chi connectivity index (χ1n) is 5.18. The summed E-state index contributed by atoms with van der Waals surface area (Å²) in [4.78, 5) is 4.31. The van der Waals surface area contributed by atoms with Crippen LogP contribution in [0.2, 0.25) is 0 Å². The van der Waals surface area contributed by atoms with Crippen LogP contribution in [0.25, 0.3) is 11.0 Å². The molecule has 0 aliphatic heterocycles. The summed E-state index contributed by atoms with van der Waals surface area (Å²) in [5, 5.41) is 18.6. The first-order chi connectivity index (χ1) is 7.63. The maximum absolute atomic E-state index is 9.61. The molecule has 1 heterocycles. The summed E-state index contributed by atoms with van der Waals surface area (Å²) in [7, 11) is 0. The van der Waals surface area contributed by atoms with Crippen LogP contribution in [0.5, 0.6) is 0 Å². The number of hydrogen-bond donors (Lipinski definition) is 3. The van der Waals surface area contributed by atoms with Gasteiger partial charge in [0.05, 0.1) is 17.6 Å². The molecule has 0 radical (unpaired) electrons. The molecule has 0 spiro atoms. The van der Waals surface area contributed by atoms with Gasteiger partial charge < -0.3 is 20.5 Å². The van der Waals surface area contributed by atoms with Gasteiger partial charge in [-0.25, -0.2) is 4.98 Å². The van der Waals surface area contributed by atoms with Crippen molar-refractivity contribution in [2.75, 3.05) is 12.3 Å². The Kier molecular flexibility index (Phi) is 2.80. The zero-order chi connectivity index (χ0) is 11.7. The maximum atomic E-state index is 9.61. The Labute approximate surface area is 93.1 Å². The van der Waals surface area contributed by atoms with E-state index in [1.807, 2.05) is 6.07 Å². The third-order valence-electron chi connectivity index (χ3n) is 2.50. The molecule has 5 heteroatoms. The summed E-state index contributed by atoms with van der Waals surface area (Å²) in [6.07, 6.45) is -0.667. The molecular formula is C11H15N3O2. The zero-order valence-electron chi connectivity index (χ0n) is 9.09. The Morgan fingerprint density at radius 3 is 2.88 bits per heavy atom. The van der Waals surface area contributed by atoms with Crippen molar-refractivity contribution in [1.29, 1.82) is 0 Å². The average molecular weight is 221 g/mol. The van der Waals surface area contributed by atoms with Crippen LogP contribution in [0.15, 0.2) is 18.2 Å². The first kappa shape index (κ1) is 10.9. The predicted octanol–water partition coefficient (Wildman–Crippen LogP) is 0.664. The van der Waals surface area contributed by atoms with Crippen molar-refractivity contribution in [2.24, 2.45) is 0 Å². The monoisotopic (exact) mass is 221 g/mol. The van der Waals surface area contributed by atoms with Crippen LogP contribution < -0.4 is 5.73 Å². The van der Waals surface area contributed by atoms with Gasteiger partial charge >= 0.3 is 0 Å². The Morgan fingerprint density at radius 1 is 1.50 bits per heavy atom. The molecule has 0 bridgehead atoms. The Bertz CT molecular complexity index is 505. The van der Waals surface area contributed by atoms with Crippen molar-refractivity contribution in [1.82, 2.24) is 9.55 Å². The number of rotatable bonds is 3. The van der Waals surface area contributed by atoms with E-state index in [0.29, 0.717) is 18.1 Å². The Hall–Kier alpha value is -1.59. The van der Waals surface area contributed by atoms with Crippen LogP contribution in [-0.2, 0) is 6.54 Å². The van der Waals surface area contributed by atoms with Crippen molar-refractivity contribution in [3.8, 4) is 0 Å². The number of nitrogens with zero attached hydrogens (tertiary/aromatic N) is 2. The van der Waals surface area contributed by atoms with Crippen molar-refractivity contribution >= 4 is 16.7 Å². The summed E-state index contributed by atoms with van der Waals surface area (Å²) >= 11 is 0. The summed E-state index contributed by atoms with van der Waals surface area (Å²) < 4.78 is 1.80. The molecule has 0 saturated carbocycles. The van der Waals surface area contributed by atoms with Gasteiger partial charge in [0.25, 0.3) is 0 Å². The number of anilines is 1. The average Bonchev–Trinajstić information content (AvgIpc) is 2.57. The highest BCUT2D eigenvalue weighted by Crippen LogP contribution is 2.22. The minimum Gasteiger partial charge on any atom is -0.399 e. The molecule has 0 aliphatic rings. The van der Waals surface area contributed by atoms with E-state index in [2.05, 4.69) is 4.98 Å². The smallest absolute Gasteiger partial charge is 0.138 e. The van der Waals surface area contributed by atoms with E-state index in [4.69, 9.17) is 10.8 Å². The van der Waals surface area contributed by atoms with Crippen LogP contribution in [0.3, 0.4) is 0 Å². The third kappa shape index (κ3) is 1.75. The molecule has 0 unspecified atom stereocenters. The molecule has 0 amide bonds. The minimum atomic E-state index is -0.667. The second-order valence-electron chi connectivity index (χ2n) is 3.77. The molecular weight excluding hydrogens is 206 g/mol. The summed E-state index contributed by atoms with van der Waals surface area (Å²) in [5.41, 5.74) is 7.92. The SMILES string of the molecule is C[C@@H](O)c1nc2cc(N)ccc2n1CCO. The molecule has 2 rings (SSSR count). The minimum absolute atomic E-state index is 0.00948. The highest BCUT2D eigenvalue weighted by atomic mass is 16.3. The van der Waals surface area contributed by atoms with E-state index in [-0.39, 0.29) is 6.61 Å². The zero-order valence-corrected chi connectivity index (χ0v) is 9.09. The normalized spacial score (nSPS) is 13.2. The third-order valence-corrected chi connectivity index (χ3v) is 2.50. The molecule has 2 aromatic rings. The highest BCUT2D eigenvalue weighted by molar-refractivity contribution is 5.79. The number of nitrogen functional groups attached to an aromatic ring is 1. The lowest BCUT2D eigenvalue weighted by Gasteiger charge is -2.08. The van der Waals surface area contributed by atoms with Gasteiger partial charge in [-0.2, -0.15) is 0 Å². The van der Waals surface area contributed by atoms with Gasteiger partial charge in [0, 0.05) is 12.2 Å². The van der Waals surface area contributed by atoms with Crippen LogP contribution in [0.1, 0.15) is 18.9 Å². The summed E-state index contributed by atoms with van der Waals surface area (Å²) in [6, 6.07) is 5.39. The number of fused-ring (bicyclic) bond motifs is 1. The number of aromatic nitrogens is 2. The number of imidazole rings is 1. The van der Waals surface area contributed by atoms with Crippen LogP contribution in [0, 0.1) is 0 Å². The molecule has 5 nitrogen and oxygen atoms in total. The molecule has 4 N–H and O–H groups in total. The van der Waals surface area contributed by atoms with Crippen LogP contribution in [-0.4, -0.2) is 26.4 Å². The molecule has 0 saturated heterocycles. The molecule has 0 aliphatic carbocycles. The molecule has 1 atom stereocenters. The molecule has 0 fully saturated rings. The van der Waals surface area contributed by atoms with Gasteiger partial charge in [0.1, 0.15) is 11.9 Å². The van der Waals surface area contributed by atoms with Crippen molar-refractivity contribution < 1.29 is 10.2 Å². The maximum Gasteiger partial charge on any atom is 0.138 e. The number of aliphatic hydroxyl groups is 2. The largest absolute Gasteiger partial charge is 0.399 e. The Balaban J connectivity index is 2.65. The van der Waals surface area contributed by atoms with Crippen LogP contribution in [0.4, 0.5) is 5.69 Å². The Morgan fingerprint density at radius 2 is 2.25 bits per heavy atom. The first-order valence-corrected chi connectivity index (χ1v) is 5.18. The number of aliphatic hydroxyl groups excluding tert-OH is 2. The van der Waals surface area contributed by atoms with Gasteiger partial charge in [0.15, 0.2) is 0 Å². The number of hydrogen-bond acceptors (Lipinski definition) is 4. The molecule has 1 aromatic carbocycles. The van der Waals surface area contributed by atoms with Gasteiger partial charge in [0.2, 0.25) is 0 Å².